The van der Waals surface area contributed by atoms with Crippen LogP contribution < -0.4 is 0 Å². The van der Waals surface area contributed by atoms with Gasteiger partial charge in [-0.05, 0) is 13.0 Å². The quantitative estimate of drug-likeness (QED) is 0.690. The van der Waals surface area contributed by atoms with E-state index in [9.17, 15) is 13.2 Å². The van der Waals surface area contributed by atoms with Crippen LogP contribution in [0.4, 0.5) is 13.2 Å². The van der Waals surface area contributed by atoms with Crippen LogP contribution in [0.5, 0.6) is 0 Å². The molecule has 0 unspecified atom stereocenters. The number of nitrogens with zero attached hydrogens (tertiary/aromatic N) is 1. The van der Waals surface area contributed by atoms with Crippen molar-refractivity contribution < 1.29 is 18.3 Å². The monoisotopic (exact) mass is 183 g/mol. The second kappa shape index (κ2) is 2.88. The number of hydrogen-bond donors (Lipinski definition) is 1. The first kappa shape index (κ1) is 9.80. The standard InChI is InChI=1S/C7H12F3NO/c1-2-3-11-4-6(12,5-11)7(8,9)10/h12H,2-5H2,1H3. The molecule has 2 nitrogen and oxygen atoms in total. The summed E-state index contributed by atoms with van der Waals surface area (Å²) in [4.78, 5) is 1.59. The van der Waals surface area contributed by atoms with Gasteiger partial charge in [-0.15, -0.1) is 0 Å². The van der Waals surface area contributed by atoms with E-state index in [1.165, 1.54) is 0 Å². The zero-order chi connectivity index (χ0) is 9.41. The van der Waals surface area contributed by atoms with E-state index in [1.54, 1.807) is 4.90 Å². The van der Waals surface area contributed by atoms with Crippen LogP contribution >= 0.6 is 0 Å². The Labute approximate surface area is 69.0 Å². The largest absolute Gasteiger partial charge is 0.419 e. The van der Waals surface area contributed by atoms with Crippen molar-refractivity contribution >= 4 is 0 Å². The zero-order valence-electron chi connectivity index (χ0n) is 6.86. The van der Waals surface area contributed by atoms with Gasteiger partial charge in [0, 0.05) is 13.1 Å². The number of alkyl halides is 3. The van der Waals surface area contributed by atoms with Gasteiger partial charge in [0.1, 0.15) is 0 Å². The van der Waals surface area contributed by atoms with Crippen molar-refractivity contribution in [2.45, 2.75) is 25.1 Å². The van der Waals surface area contributed by atoms with Crippen molar-refractivity contribution in [3.63, 3.8) is 0 Å². The van der Waals surface area contributed by atoms with Crippen molar-refractivity contribution in [3.8, 4) is 0 Å². The SMILES string of the molecule is CCCN1CC(O)(C(F)(F)F)C1. The van der Waals surface area contributed by atoms with E-state index in [2.05, 4.69) is 0 Å². The van der Waals surface area contributed by atoms with Crippen molar-refractivity contribution in [3.05, 3.63) is 0 Å². The molecule has 0 spiro atoms. The van der Waals surface area contributed by atoms with Crippen LogP contribution in [0.15, 0.2) is 0 Å². The molecule has 1 heterocycles. The maximum absolute atomic E-state index is 12.0. The molecule has 72 valence electrons. The minimum atomic E-state index is -4.47. The highest BCUT2D eigenvalue weighted by atomic mass is 19.4. The molecule has 0 bridgehead atoms. The molecule has 0 amide bonds. The molecule has 1 N–H and O–H groups in total. The highest BCUT2D eigenvalue weighted by Gasteiger charge is 2.60. The fourth-order valence-electron chi connectivity index (χ4n) is 1.35. The van der Waals surface area contributed by atoms with Crippen molar-refractivity contribution in [2.24, 2.45) is 0 Å². The highest BCUT2D eigenvalue weighted by Crippen LogP contribution is 2.37. The summed E-state index contributed by atoms with van der Waals surface area (Å²) in [6.07, 6.45) is -3.66. The van der Waals surface area contributed by atoms with Gasteiger partial charge < -0.3 is 5.11 Å². The number of hydrogen-bond acceptors (Lipinski definition) is 2. The molecule has 5 heteroatoms. The second-order valence-corrected chi connectivity index (χ2v) is 3.24. The molecular formula is C7H12F3NO. The topological polar surface area (TPSA) is 23.5 Å². The van der Waals surface area contributed by atoms with Crippen LogP contribution in [0.25, 0.3) is 0 Å². The summed E-state index contributed by atoms with van der Waals surface area (Å²) in [6.45, 7) is 1.97. The molecule has 0 aromatic carbocycles. The van der Waals surface area contributed by atoms with Gasteiger partial charge in [0.25, 0.3) is 0 Å². The summed E-state index contributed by atoms with van der Waals surface area (Å²) < 4.78 is 36.1. The third kappa shape index (κ3) is 1.56. The van der Waals surface area contributed by atoms with Gasteiger partial charge in [0.05, 0.1) is 0 Å². The lowest BCUT2D eigenvalue weighted by molar-refractivity contribution is -0.301. The van der Waals surface area contributed by atoms with Gasteiger partial charge in [0.15, 0.2) is 5.60 Å². The number of aliphatic hydroxyl groups is 1. The molecule has 1 rings (SSSR count). The summed E-state index contributed by atoms with van der Waals surface area (Å²) in [5.41, 5.74) is -2.44. The molecule has 1 aliphatic heterocycles. The van der Waals surface area contributed by atoms with Crippen LogP contribution in [-0.2, 0) is 0 Å². The first-order chi connectivity index (χ1) is 5.39. The Morgan fingerprint density at radius 3 is 2.25 bits per heavy atom. The highest BCUT2D eigenvalue weighted by molar-refractivity contribution is 5.00. The Bertz CT molecular complexity index is 163. The van der Waals surface area contributed by atoms with E-state index in [4.69, 9.17) is 5.11 Å². The third-order valence-corrected chi connectivity index (χ3v) is 2.04. The van der Waals surface area contributed by atoms with Crippen LogP contribution in [0.3, 0.4) is 0 Å². The maximum Gasteiger partial charge on any atom is 0.419 e. The van der Waals surface area contributed by atoms with Gasteiger partial charge in [-0.1, -0.05) is 6.92 Å². The number of halogens is 3. The molecule has 0 saturated carbocycles. The van der Waals surface area contributed by atoms with Crippen molar-refractivity contribution in [1.82, 2.24) is 4.90 Å². The number of β-amino-alcohol motifs (C(OH)–C–C–N with tert-alkyl or cyclic N) is 1. The third-order valence-electron chi connectivity index (χ3n) is 2.04. The van der Waals surface area contributed by atoms with E-state index in [0.29, 0.717) is 6.54 Å². The molecule has 0 aliphatic carbocycles. The molecule has 1 fully saturated rings. The summed E-state index contributed by atoms with van der Waals surface area (Å²) in [7, 11) is 0. The van der Waals surface area contributed by atoms with Crippen LogP contribution in [0.2, 0.25) is 0 Å². The van der Waals surface area contributed by atoms with Crippen LogP contribution in [0.1, 0.15) is 13.3 Å². The minimum Gasteiger partial charge on any atom is -0.378 e. The van der Waals surface area contributed by atoms with E-state index >= 15 is 0 Å². The predicted molar refractivity (Wildman–Crippen MR) is 37.7 cm³/mol. The van der Waals surface area contributed by atoms with Crippen molar-refractivity contribution in [1.29, 1.82) is 0 Å². The fourth-order valence-corrected chi connectivity index (χ4v) is 1.35. The predicted octanol–water partition coefficient (Wildman–Crippen LogP) is 1.01. The van der Waals surface area contributed by atoms with E-state index in [0.717, 1.165) is 6.42 Å². The normalized spacial score (nSPS) is 23.8. The first-order valence-electron chi connectivity index (χ1n) is 3.90. The smallest absolute Gasteiger partial charge is 0.378 e. The molecule has 0 aromatic heterocycles. The lowest BCUT2D eigenvalue weighted by atomic mass is 9.93. The van der Waals surface area contributed by atoms with Crippen LogP contribution in [0, 0.1) is 0 Å². The Morgan fingerprint density at radius 1 is 1.42 bits per heavy atom. The lowest BCUT2D eigenvalue weighted by Gasteiger charge is -2.46. The molecule has 0 radical (unpaired) electrons. The van der Waals surface area contributed by atoms with Gasteiger partial charge >= 0.3 is 6.18 Å². The first-order valence-corrected chi connectivity index (χ1v) is 3.90. The van der Waals surface area contributed by atoms with E-state index in [1.807, 2.05) is 6.92 Å². The second-order valence-electron chi connectivity index (χ2n) is 3.24. The average Bonchev–Trinajstić information content (AvgIpc) is 1.82. The Morgan fingerprint density at radius 2 is 1.92 bits per heavy atom. The minimum absolute atomic E-state index is 0.273. The Hall–Kier alpha value is -0.290. The van der Waals surface area contributed by atoms with Gasteiger partial charge in [0.2, 0.25) is 0 Å². The molecular weight excluding hydrogens is 171 g/mol. The molecule has 0 aromatic rings. The Kier molecular flexibility index (Phi) is 2.35. The lowest BCUT2D eigenvalue weighted by Crippen LogP contribution is -2.69. The van der Waals surface area contributed by atoms with Crippen molar-refractivity contribution in [2.75, 3.05) is 19.6 Å². The van der Waals surface area contributed by atoms with Gasteiger partial charge in [-0.3, -0.25) is 4.90 Å². The fraction of sp³-hybridized carbons (Fsp3) is 1.00. The molecule has 1 saturated heterocycles. The maximum atomic E-state index is 12.0. The summed E-state index contributed by atoms with van der Waals surface area (Å²) in [6, 6.07) is 0. The Balaban J connectivity index is 2.40. The summed E-state index contributed by atoms with van der Waals surface area (Å²) in [5.74, 6) is 0. The zero-order valence-corrected chi connectivity index (χ0v) is 6.86. The summed E-state index contributed by atoms with van der Waals surface area (Å²) >= 11 is 0. The van der Waals surface area contributed by atoms with Crippen LogP contribution in [-0.4, -0.2) is 41.4 Å². The van der Waals surface area contributed by atoms with E-state index < -0.39 is 11.8 Å². The summed E-state index contributed by atoms with van der Waals surface area (Å²) in [5, 5.41) is 8.98. The van der Waals surface area contributed by atoms with Gasteiger partial charge in [-0.25, -0.2) is 0 Å². The number of rotatable bonds is 2. The van der Waals surface area contributed by atoms with E-state index in [-0.39, 0.29) is 13.1 Å². The molecule has 1 aliphatic rings. The molecule has 12 heavy (non-hydrogen) atoms. The van der Waals surface area contributed by atoms with Gasteiger partial charge in [-0.2, -0.15) is 13.2 Å². The average molecular weight is 183 g/mol. The molecule has 0 atom stereocenters. The number of likely N-dealkylation sites (tertiary alicyclic amines) is 1.